The van der Waals surface area contributed by atoms with Crippen LogP contribution in [0.3, 0.4) is 0 Å². The lowest BCUT2D eigenvalue weighted by atomic mass is 9.91. The summed E-state index contributed by atoms with van der Waals surface area (Å²) in [7, 11) is -12.9. The van der Waals surface area contributed by atoms with Crippen LogP contribution < -0.4 is 0 Å². The summed E-state index contributed by atoms with van der Waals surface area (Å²) in [5.41, 5.74) is -0.0701. The van der Waals surface area contributed by atoms with Gasteiger partial charge < -0.3 is 46.8 Å². The minimum absolute atomic E-state index is 0.00212. The average molecular weight is 1280 g/mol. The van der Waals surface area contributed by atoms with Crippen LogP contribution in [0.4, 0.5) is 0 Å². The molecule has 482 valence electrons. The molecule has 2 aromatic rings. The van der Waals surface area contributed by atoms with Crippen LogP contribution in [-0.2, 0) is 61.4 Å². The quantitative estimate of drug-likeness (QED) is 0.0406. The van der Waals surface area contributed by atoms with Gasteiger partial charge in [-0.2, -0.15) is 0 Å². The van der Waals surface area contributed by atoms with E-state index in [0.717, 1.165) is 92.9 Å². The number of rotatable bonds is 33. The Morgan fingerprint density at radius 1 is 0.459 bits per heavy atom. The zero-order chi connectivity index (χ0) is 61.6. The summed E-state index contributed by atoms with van der Waals surface area (Å²) >= 11 is 0. The number of hydrogen-bond donors (Lipinski definition) is 1. The molecule has 0 aromatic heterocycles. The topological polar surface area (TPSA) is 172 Å². The van der Waals surface area contributed by atoms with Crippen LogP contribution in [0, 0.1) is 34.5 Å². The van der Waals surface area contributed by atoms with Crippen molar-refractivity contribution in [3.8, 4) is 0 Å². The summed E-state index contributed by atoms with van der Waals surface area (Å²) in [6.07, 6.45) is 15.5. The van der Waals surface area contributed by atoms with Gasteiger partial charge in [0, 0.05) is 35.5 Å². The second-order valence-electron chi connectivity index (χ2n) is 26.5. The van der Waals surface area contributed by atoms with E-state index in [1.807, 2.05) is 24.3 Å². The molecule has 85 heavy (non-hydrogen) atoms. The molecule has 2 aromatic carbocycles. The number of unbranched alkanes of at least 4 members (excludes halogenated alkanes) is 2. The van der Waals surface area contributed by atoms with Crippen molar-refractivity contribution in [1.29, 1.82) is 0 Å². The van der Waals surface area contributed by atoms with Crippen molar-refractivity contribution < 1.29 is 63.6 Å². The van der Waals surface area contributed by atoms with Crippen molar-refractivity contribution in [3.05, 3.63) is 85.0 Å². The lowest BCUT2D eigenvalue weighted by Gasteiger charge is -2.50. The molecule has 2 aliphatic carbocycles. The molecule has 6 aliphatic heterocycles. The molecule has 1 N–H and O–H groups in total. The predicted molar refractivity (Wildman–Crippen MR) is 345 cm³/mol. The van der Waals surface area contributed by atoms with Gasteiger partial charge in [-0.3, -0.25) is 0 Å². The third-order valence-electron chi connectivity index (χ3n) is 20.7. The summed E-state index contributed by atoms with van der Waals surface area (Å²) in [4.78, 5) is 0.709. The van der Waals surface area contributed by atoms with E-state index in [9.17, 15) is 21.9 Å². The van der Waals surface area contributed by atoms with Gasteiger partial charge in [-0.25, -0.2) is 16.8 Å². The molecule has 0 radical (unpaired) electrons. The zero-order valence-corrected chi connectivity index (χ0v) is 58.5. The van der Waals surface area contributed by atoms with Gasteiger partial charge >= 0.3 is 0 Å². The molecule has 0 amide bonds. The first-order chi connectivity index (χ1) is 40.5. The number of aliphatic hydroxyl groups is 1. The highest BCUT2D eigenvalue weighted by Crippen LogP contribution is 2.47. The number of benzene rings is 2. The second kappa shape index (κ2) is 30.9. The Kier molecular flexibility index (Phi) is 25.7. The van der Waals surface area contributed by atoms with E-state index in [4.69, 9.17) is 41.7 Å². The third-order valence-corrected chi connectivity index (χ3v) is 38.3. The van der Waals surface area contributed by atoms with E-state index < -0.39 is 62.7 Å². The largest absolute Gasteiger partial charge is 0.414 e. The third kappa shape index (κ3) is 17.8. The maximum absolute atomic E-state index is 13.9. The molecular weight excluding hydrogens is 1170 g/mol. The zero-order valence-electron chi connectivity index (χ0n) is 53.9. The van der Waals surface area contributed by atoms with Gasteiger partial charge in [0.25, 0.3) is 11.9 Å². The van der Waals surface area contributed by atoms with Crippen LogP contribution in [0.5, 0.6) is 0 Å². The van der Waals surface area contributed by atoms with Crippen LogP contribution in [0.1, 0.15) is 140 Å². The van der Waals surface area contributed by atoms with Crippen LogP contribution in [-0.4, -0.2) is 134 Å². The predicted octanol–water partition coefficient (Wildman–Crippen LogP) is 14.4. The number of hydrogen-bond acceptors (Lipinski definition) is 14. The Hall–Kier alpha value is -1.93. The molecule has 19 heteroatoms. The SMILES string of the molecule is CC[Si](CC)(CC)O[C@H]1C[C@@H](O)[C@H](CS(=O)(=O)c2ccccc2)[C@H]1C/C=C\CCCC12OCC(C)(CO1)CO2.CC[Si](CC)(CC)O[C@H]1C[C@@H](O[Si](CC)(CC)CC)[C@H](CS(=O)(=O)c2ccccc2)[C@H]1C/C=C\CCCC12OCC(C)(CO1)CO2. The van der Waals surface area contributed by atoms with E-state index >= 15 is 0 Å². The summed E-state index contributed by atoms with van der Waals surface area (Å²) in [5, 5.41) is 11.1. The lowest BCUT2D eigenvalue weighted by molar-refractivity contribution is -0.467. The highest BCUT2D eigenvalue weighted by Gasteiger charge is 2.53. The fraction of sp³-hybridized carbons (Fsp3) is 0.758. The van der Waals surface area contributed by atoms with Crippen LogP contribution in [0.25, 0.3) is 0 Å². The number of aliphatic hydroxyl groups excluding tert-OH is 1. The van der Waals surface area contributed by atoms with Crippen molar-refractivity contribution in [2.75, 3.05) is 51.1 Å². The molecule has 2 saturated carbocycles. The standard InChI is InChI=1S/C36H62O7SSi2.C30H48O7SSi/c1-8-45(9-2,10-3)42-33-25-34(43-46(11-4,12-5)13-6)32(26-44(37,38)30-21-17-16-18-22-30)31(33)23-19-14-15-20-24-36-39-27-35(7,28-40-36)29-41-36;1-5-39(6-2,7-3)37-28-19-27(31)26(20-38(32,33)24-15-11-10-12-16-24)25(28)17-13-8-9-14-18-30-34-21-29(4,22-35-30)23-36-30/h14,16-19,21-22,31-34H,8-13,15,20,23-29H2,1-7H3;8,10-13,15-16,25-28,31H,5-7,9,14,17-23H2,1-4H3/b19-14-;13-8-/t31-,32-,33+,34-,35?,36?;25-,26-,27-,28+,29?,30?/m11/s1. The normalized spacial score (nSPS) is 31.7. The van der Waals surface area contributed by atoms with Gasteiger partial charge in [0.15, 0.2) is 44.6 Å². The molecule has 8 atom stereocenters. The highest BCUT2D eigenvalue weighted by molar-refractivity contribution is 7.91. The Morgan fingerprint density at radius 3 is 1.11 bits per heavy atom. The molecule has 0 spiro atoms. The summed E-state index contributed by atoms with van der Waals surface area (Å²) in [6, 6.07) is 26.9. The van der Waals surface area contributed by atoms with Crippen LogP contribution in [0.15, 0.2) is 94.8 Å². The Morgan fingerprint density at radius 2 is 0.765 bits per heavy atom. The first kappa shape index (κ1) is 70.5. The fourth-order valence-electron chi connectivity index (χ4n) is 14.0. The number of sulfone groups is 2. The van der Waals surface area contributed by atoms with Gasteiger partial charge in [0.05, 0.1) is 85.4 Å². The minimum Gasteiger partial charge on any atom is -0.414 e. The van der Waals surface area contributed by atoms with E-state index in [1.165, 1.54) is 0 Å². The number of ether oxygens (including phenoxy) is 6. The first-order valence-corrected chi connectivity index (χ1v) is 43.8. The van der Waals surface area contributed by atoms with Crippen molar-refractivity contribution in [1.82, 2.24) is 0 Å². The van der Waals surface area contributed by atoms with E-state index in [0.29, 0.717) is 75.1 Å². The molecule has 6 saturated heterocycles. The van der Waals surface area contributed by atoms with Crippen molar-refractivity contribution >= 4 is 44.6 Å². The molecule has 4 bridgehead atoms. The smallest absolute Gasteiger partial charge is 0.282 e. The molecule has 10 rings (SSSR count). The van der Waals surface area contributed by atoms with E-state index in [-0.39, 0.29) is 64.3 Å². The summed E-state index contributed by atoms with van der Waals surface area (Å²) in [5.74, 6) is -2.22. The van der Waals surface area contributed by atoms with Gasteiger partial charge in [-0.05, 0) is 142 Å². The van der Waals surface area contributed by atoms with Crippen molar-refractivity contribution in [2.24, 2.45) is 34.5 Å². The molecule has 6 heterocycles. The van der Waals surface area contributed by atoms with E-state index in [2.05, 4.69) is 100 Å². The Balaban J connectivity index is 0.000000247. The molecule has 8 aliphatic rings. The van der Waals surface area contributed by atoms with E-state index in [1.54, 1.807) is 36.4 Å². The molecule has 14 nitrogen and oxygen atoms in total. The maximum Gasteiger partial charge on any atom is 0.282 e. The van der Waals surface area contributed by atoms with Crippen molar-refractivity contribution in [2.45, 2.75) is 241 Å². The number of fused-ring (bicyclic) bond motifs is 6. The molecule has 0 unspecified atom stereocenters. The Labute approximate surface area is 516 Å². The summed E-state index contributed by atoms with van der Waals surface area (Å²) in [6.45, 7) is 28.5. The Bertz CT molecular complexity index is 2560. The second-order valence-corrected chi connectivity index (χ2v) is 44.7. The summed E-state index contributed by atoms with van der Waals surface area (Å²) < 4.78 is 111. The van der Waals surface area contributed by atoms with Gasteiger partial charge in [-0.15, -0.1) is 0 Å². The fourth-order valence-corrected chi connectivity index (χ4v) is 26.2. The first-order valence-electron chi connectivity index (χ1n) is 32.9. The minimum atomic E-state index is -3.53. The number of allylic oxidation sites excluding steroid dienone is 4. The van der Waals surface area contributed by atoms with Gasteiger partial charge in [-0.1, -0.05) is 137 Å². The maximum atomic E-state index is 13.9. The lowest BCUT2D eigenvalue weighted by Crippen LogP contribution is -2.58. The molecule has 8 fully saturated rings. The van der Waals surface area contributed by atoms with Crippen molar-refractivity contribution in [3.63, 3.8) is 0 Å². The monoisotopic (exact) mass is 1270 g/mol. The highest BCUT2D eigenvalue weighted by atomic mass is 32.2. The van der Waals surface area contributed by atoms with Gasteiger partial charge in [0.1, 0.15) is 0 Å². The molecular formula is C66H110O14S2Si3. The van der Waals surface area contributed by atoms with Crippen LogP contribution >= 0.6 is 0 Å². The average Bonchev–Trinajstić information content (AvgIpc) is 2.86. The van der Waals surface area contributed by atoms with Crippen LogP contribution in [0.2, 0.25) is 54.4 Å². The van der Waals surface area contributed by atoms with Gasteiger partial charge in [0.2, 0.25) is 0 Å².